The molecule has 7 rings (SSSR count). The molecule has 1 aromatic heterocycles. The number of aliphatic hydroxyl groups excluding tert-OH is 1. The lowest BCUT2D eigenvalue weighted by Crippen LogP contribution is -2.53. The molecule has 2 atom stereocenters. The smallest absolute Gasteiger partial charge is 0.227 e. The Bertz CT molecular complexity index is 817. The van der Waals surface area contributed by atoms with Gasteiger partial charge in [-0.1, -0.05) is 0 Å². The van der Waals surface area contributed by atoms with Crippen molar-refractivity contribution < 1.29 is 9.90 Å². The highest BCUT2D eigenvalue weighted by Gasteiger charge is 2.53. The van der Waals surface area contributed by atoms with E-state index in [1.807, 2.05) is 4.90 Å². The number of rotatable bonds is 5. The number of amides is 1. The molecule has 168 valence electrons. The van der Waals surface area contributed by atoms with Crippen molar-refractivity contribution >= 4 is 11.7 Å². The van der Waals surface area contributed by atoms with Crippen LogP contribution >= 0.6 is 0 Å². The molecular weight excluding hydrogens is 390 g/mol. The van der Waals surface area contributed by atoms with Crippen LogP contribution in [0.3, 0.4) is 0 Å². The fraction of sp³-hybridized carbons (Fsp3) is 0.792. The molecule has 1 unspecified atom stereocenters. The normalized spacial score (nSPS) is 37.0. The zero-order valence-corrected chi connectivity index (χ0v) is 18.4. The maximum atomic E-state index is 12.8. The second-order valence-corrected chi connectivity index (χ2v) is 11.0. The largest absolute Gasteiger partial charge is 0.391 e. The topological polar surface area (TPSA) is 90.4 Å². The van der Waals surface area contributed by atoms with Crippen molar-refractivity contribution in [3.8, 4) is 0 Å². The molecule has 4 bridgehead atoms. The van der Waals surface area contributed by atoms with Crippen LogP contribution in [0.25, 0.3) is 0 Å². The average Bonchev–Trinajstić information content (AvgIpc) is 3.30. The third-order valence-corrected chi connectivity index (χ3v) is 8.98. The van der Waals surface area contributed by atoms with Crippen molar-refractivity contribution in [2.75, 3.05) is 31.5 Å². The summed E-state index contributed by atoms with van der Waals surface area (Å²) < 4.78 is 0. The molecule has 6 aliphatic rings. The molecule has 7 heteroatoms. The van der Waals surface area contributed by atoms with E-state index in [1.54, 1.807) is 6.33 Å². The Balaban J connectivity index is 1.12. The number of carbonyl (C=O) groups excluding carboxylic acids is 1. The van der Waals surface area contributed by atoms with Crippen LogP contribution in [0, 0.1) is 29.1 Å². The minimum Gasteiger partial charge on any atom is -0.391 e. The molecule has 0 aromatic carbocycles. The summed E-state index contributed by atoms with van der Waals surface area (Å²) in [4.78, 5) is 23.8. The van der Waals surface area contributed by atoms with Crippen molar-refractivity contribution in [3.05, 3.63) is 17.6 Å². The van der Waals surface area contributed by atoms with E-state index in [0.717, 1.165) is 67.3 Å². The summed E-state index contributed by atoms with van der Waals surface area (Å²) in [7, 11) is 0. The first-order chi connectivity index (χ1) is 15.1. The summed E-state index contributed by atoms with van der Waals surface area (Å²) >= 11 is 0. The van der Waals surface area contributed by atoms with Gasteiger partial charge in [-0.2, -0.15) is 0 Å². The molecule has 4 aliphatic carbocycles. The predicted octanol–water partition coefficient (Wildman–Crippen LogP) is 1.96. The SMILES string of the molecule is O=C([C@@H]1CCNC1)N1CCc2c(ncnc2NCC(O)C23CC4CC(CC(C4)C2)C3)C1. The third-order valence-electron chi connectivity index (χ3n) is 8.98. The molecule has 0 radical (unpaired) electrons. The molecule has 3 heterocycles. The van der Waals surface area contributed by atoms with Crippen molar-refractivity contribution in [3.63, 3.8) is 0 Å². The van der Waals surface area contributed by atoms with Gasteiger partial charge in [0.2, 0.25) is 5.91 Å². The quantitative estimate of drug-likeness (QED) is 0.668. The number of aliphatic hydroxyl groups is 1. The van der Waals surface area contributed by atoms with Gasteiger partial charge in [0.25, 0.3) is 0 Å². The predicted molar refractivity (Wildman–Crippen MR) is 117 cm³/mol. The third kappa shape index (κ3) is 3.54. The van der Waals surface area contributed by atoms with Gasteiger partial charge in [-0.15, -0.1) is 0 Å². The van der Waals surface area contributed by atoms with Gasteiger partial charge in [0.15, 0.2) is 0 Å². The standard InChI is InChI=1S/C24H35N5O2/c30-21(24-8-15-5-16(9-24)7-17(6-15)10-24)12-26-22-19-2-4-29(13-20(19)27-14-28-22)23(31)18-1-3-25-11-18/h14-18,21,25,30H,1-13H2,(H,26,27,28)/t15?,16?,17?,18-,21?,24?/m1/s1. The van der Waals surface area contributed by atoms with Crippen molar-refractivity contribution in [2.24, 2.45) is 29.1 Å². The Morgan fingerprint density at radius 3 is 2.65 bits per heavy atom. The van der Waals surface area contributed by atoms with Crippen LogP contribution in [-0.2, 0) is 17.8 Å². The van der Waals surface area contributed by atoms with Gasteiger partial charge in [-0.25, -0.2) is 9.97 Å². The van der Waals surface area contributed by atoms with Crippen LogP contribution in [0.4, 0.5) is 5.82 Å². The molecule has 1 amide bonds. The Kier molecular flexibility index (Phi) is 4.94. The second kappa shape index (κ2) is 7.69. The number of aromatic nitrogens is 2. The number of hydrogen-bond acceptors (Lipinski definition) is 6. The zero-order chi connectivity index (χ0) is 21.0. The summed E-state index contributed by atoms with van der Waals surface area (Å²) in [5.41, 5.74) is 2.19. The van der Waals surface area contributed by atoms with E-state index in [4.69, 9.17) is 0 Å². The van der Waals surface area contributed by atoms with Crippen LogP contribution < -0.4 is 10.6 Å². The van der Waals surface area contributed by atoms with E-state index < -0.39 is 0 Å². The van der Waals surface area contributed by atoms with Crippen LogP contribution in [0.1, 0.15) is 56.2 Å². The van der Waals surface area contributed by atoms with Gasteiger partial charge in [-0.05, 0) is 81.1 Å². The van der Waals surface area contributed by atoms with Gasteiger partial charge in [0.05, 0.1) is 24.3 Å². The summed E-state index contributed by atoms with van der Waals surface area (Å²) in [6, 6.07) is 0. The van der Waals surface area contributed by atoms with E-state index in [9.17, 15) is 9.90 Å². The van der Waals surface area contributed by atoms with E-state index in [0.29, 0.717) is 13.1 Å². The first-order valence-electron chi connectivity index (χ1n) is 12.3. The monoisotopic (exact) mass is 425 g/mol. The van der Waals surface area contributed by atoms with E-state index in [-0.39, 0.29) is 23.3 Å². The van der Waals surface area contributed by atoms with Crippen molar-refractivity contribution in [2.45, 2.75) is 64.0 Å². The highest BCUT2D eigenvalue weighted by atomic mass is 16.3. The Morgan fingerprint density at radius 2 is 1.97 bits per heavy atom. The minimum atomic E-state index is -0.317. The zero-order valence-electron chi connectivity index (χ0n) is 18.4. The fourth-order valence-electron chi connectivity index (χ4n) is 7.81. The Hall–Kier alpha value is -1.73. The summed E-state index contributed by atoms with van der Waals surface area (Å²) in [5, 5.41) is 18.0. The first kappa shape index (κ1) is 19.9. The van der Waals surface area contributed by atoms with Crippen molar-refractivity contribution in [1.82, 2.24) is 20.2 Å². The number of anilines is 1. The Morgan fingerprint density at radius 1 is 1.23 bits per heavy atom. The Labute approximate surface area is 184 Å². The molecule has 3 N–H and O–H groups in total. The van der Waals surface area contributed by atoms with Crippen LogP contribution in [0.5, 0.6) is 0 Å². The van der Waals surface area contributed by atoms with Gasteiger partial charge in [0.1, 0.15) is 12.1 Å². The molecule has 7 nitrogen and oxygen atoms in total. The van der Waals surface area contributed by atoms with Crippen LogP contribution in [0.15, 0.2) is 6.33 Å². The molecule has 1 aromatic rings. The molecule has 2 aliphatic heterocycles. The maximum Gasteiger partial charge on any atom is 0.227 e. The number of hydrogen-bond donors (Lipinski definition) is 3. The van der Waals surface area contributed by atoms with Crippen LogP contribution in [-0.4, -0.2) is 58.2 Å². The number of fused-ring (bicyclic) bond motifs is 1. The minimum absolute atomic E-state index is 0.108. The second-order valence-electron chi connectivity index (χ2n) is 11.0. The summed E-state index contributed by atoms with van der Waals surface area (Å²) in [6.45, 7) is 3.58. The van der Waals surface area contributed by atoms with E-state index in [2.05, 4.69) is 20.6 Å². The molecule has 5 fully saturated rings. The highest BCUT2D eigenvalue weighted by Crippen LogP contribution is 2.61. The molecule has 4 saturated carbocycles. The molecule has 31 heavy (non-hydrogen) atoms. The summed E-state index contributed by atoms with van der Waals surface area (Å²) in [6.07, 6.45) is 10.8. The molecular formula is C24H35N5O2. The van der Waals surface area contributed by atoms with Gasteiger partial charge in [-0.3, -0.25) is 4.79 Å². The lowest BCUT2D eigenvalue weighted by Gasteiger charge is -2.58. The first-order valence-corrected chi connectivity index (χ1v) is 12.3. The number of nitrogens with one attached hydrogen (secondary N) is 2. The van der Waals surface area contributed by atoms with Crippen molar-refractivity contribution in [1.29, 1.82) is 0 Å². The lowest BCUT2D eigenvalue weighted by molar-refractivity contribution is -0.135. The number of nitrogens with zero attached hydrogens (tertiary/aromatic N) is 3. The van der Waals surface area contributed by atoms with E-state index >= 15 is 0 Å². The lowest BCUT2D eigenvalue weighted by atomic mass is 9.48. The number of carbonyl (C=O) groups is 1. The molecule has 0 spiro atoms. The van der Waals surface area contributed by atoms with Gasteiger partial charge in [0, 0.05) is 25.2 Å². The summed E-state index contributed by atoms with van der Waals surface area (Å²) in [5.74, 6) is 3.73. The van der Waals surface area contributed by atoms with Crippen LogP contribution in [0.2, 0.25) is 0 Å². The maximum absolute atomic E-state index is 12.8. The molecule has 1 saturated heterocycles. The highest BCUT2D eigenvalue weighted by molar-refractivity contribution is 5.79. The average molecular weight is 426 g/mol. The van der Waals surface area contributed by atoms with Gasteiger partial charge < -0.3 is 20.6 Å². The van der Waals surface area contributed by atoms with E-state index in [1.165, 1.54) is 38.5 Å². The fourth-order valence-corrected chi connectivity index (χ4v) is 7.81. The van der Waals surface area contributed by atoms with Gasteiger partial charge >= 0.3 is 0 Å².